The van der Waals surface area contributed by atoms with Gasteiger partial charge in [0.25, 0.3) is 0 Å². The molecule has 0 aromatic heterocycles. The molecule has 21 heavy (non-hydrogen) atoms. The second-order valence-electron chi connectivity index (χ2n) is 8.81. The first kappa shape index (κ1) is 15.3. The van der Waals surface area contributed by atoms with E-state index in [1.54, 1.807) is 0 Å². The largest absolute Gasteiger partial charge is 0.390 e. The number of aliphatic hydroxyl groups is 1. The maximum absolute atomic E-state index is 12.9. The molecule has 4 saturated carbocycles. The van der Waals surface area contributed by atoms with Gasteiger partial charge in [0.05, 0.1) is 11.0 Å². The smallest absolute Gasteiger partial charge is 0.226 e. The summed E-state index contributed by atoms with van der Waals surface area (Å²) in [4.78, 5) is 12.9. The molecule has 1 amide bonds. The van der Waals surface area contributed by atoms with Crippen LogP contribution in [0.15, 0.2) is 0 Å². The lowest BCUT2D eigenvalue weighted by molar-refractivity contribution is -0.178. The van der Waals surface area contributed by atoms with Crippen molar-refractivity contribution in [2.75, 3.05) is 0 Å². The van der Waals surface area contributed by atoms with E-state index in [0.29, 0.717) is 24.2 Å². The van der Waals surface area contributed by atoms with E-state index < -0.39 is 5.60 Å². The van der Waals surface area contributed by atoms with Gasteiger partial charge in [-0.05, 0) is 76.0 Å². The molecule has 0 spiro atoms. The van der Waals surface area contributed by atoms with Crippen molar-refractivity contribution in [1.82, 2.24) is 5.32 Å². The fourth-order valence-electron chi connectivity index (χ4n) is 5.51. The van der Waals surface area contributed by atoms with Crippen LogP contribution in [0.3, 0.4) is 0 Å². The molecule has 4 aliphatic carbocycles. The molecule has 0 aliphatic heterocycles. The first-order valence-electron chi connectivity index (χ1n) is 8.84. The molecule has 0 aromatic rings. The Hall–Kier alpha value is -0.570. The molecule has 0 radical (unpaired) electrons. The fraction of sp³-hybridized carbons (Fsp3) is 0.944. The highest BCUT2D eigenvalue weighted by Crippen LogP contribution is 2.61. The predicted octanol–water partition coefficient (Wildman–Crippen LogP) is 3.26. The summed E-state index contributed by atoms with van der Waals surface area (Å²) < 4.78 is 0. The highest BCUT2D eigenvalue weighted by atomic mass is 16.3. The Bertz CT molecular complexity index is 403. The van der Waals surface area contributed by atoms with Gasteiger partial charge in [0.2, 0.25) is 5.91 Å². The summed E-state index contributed by atoms with van der Waals surface area (Å²) in [6, 6.07) is 0.252. The van der Waals surface area contributed by atoms with Gasteiger partial charge in [-0.3, -0.25) is 4.79 Å². The zero-order valence-corrected chi connectivity index (χ0v) is 13.8. The van der Waals surface area contributed by atoms with Gasteiger partial charge in [0, 0.05) is 6.04 Å². The molecule has 3 nitrogen and oxygen atoms in total. The van der Waals surface area contributed by atoms with E-state index in [0.717, 1.165) is 38.5 Å². The number of rotatable bonds is 5. The first-order valence-corrected chi connectivity index (χ1v) is 8.84. The minimum atomic E-state index is -0.539. The summed E-state index contributed by atoms with van der Waals surface area (Å²) in [5.41, 5.74) is -0.798. The van der Waals surface area contributed by atoms with E-state index in [1.165, 1.54) is 6.42 Å². The Labute approximate surface area is 128 Å². The van der Waals surface area contributed by atoms with Crippen LogP contribution < -0.4 is 5.32 Å². The number of carbonyl (C=O) groups is 1. The lowest BCUT2D eigenvalue weighted by Gasteiger charge is -2.59. The van der Waals surface area contributed by atoms with Crippen LogP contribution in [0.5, 0.6) is 0 Å². The number of carbonyl (C=O) groups excluding carboxylic acids is 1. The van der Waals surface area contributed by atoms with Crippen molar-refractivity contribution in [3.05, 3.63) is 0 Å². The molecule has 0 saturated heterocycles. The second-order valence-corrected chi connectivity index (χ2v) is 8.81. The van der Waals surface area contributed by atoms with Crippen LogP contribution in [0.1, 0.15) is 72.1 Å². The van der Waals surface area contributed by atoms with Gasteiger partial charge in [-0.2, -0.15) is 0 Å². The molecule has 4 aliphatic rings. The summed E-state index contributed by atoms with van der Waals surface area (Å²) in [7, 11) is 0. The first-order chi connectivity index (χ1) is 9.80. The summed E-state index contributed by atoms with van der Waals surface area (Å²) in [6.45, 7) is 6.57. The van der Waals surface area contributed by atoms with Crippen molar-refractivity contribution in [1.29, 1.82) is 0 Å². The molecule has 120 valence electrons. The van der Waals surface area contributed by atoms with Crippen LogP contribution >= 0.6 is 0 Å². The topological polar surface area (TPSA) is 49.3 Å². The van der Waals surface area contributed by atoms with Crippen molar-refractivity contribution in [2.24, 2.45) is 23.2 Å². The molecule has 5 atom stereocenters. The number of hydrogen-bond acceptors (Lipinski definition) is 2. The molecule has 0 heterocycles. The van der Waals surface area contributed by atoms with Crippen LogP contribution in [0.2, 0.25) is 0 Å². The lowest BCUT2D eigenvalue weighted by atomic mass is 9.47. The normalized spacial score (nSPS) is 42.3. The Kier molecular flexibility index (Phi) is 3.84. The molecule has 3 heteroatoms. The van der Waals surface area contributed by atoms with Crippen LogP contribution in [-0.4, -0.2) is 22.7 Å². The van der Waals surface area contributed by atoms with Gasteiger partial charge < -0.3 is 10.4 Å². The van der Waals surface area contributed by atoms with Crippen LogP contribution in [0, 0.1) is 23.2 Å². The van der Waals surface area contributed by atoms with Crippen molar-refractivity contribution >= 4 is 5.91 Å². The van der Waals surface area contributed by atoms with Gasteiger partial charge in [-0.1, -0.05) is 13.8 Å². The molecule has 2 unspecified atom stereocenters. The van der Waals surface area contributed by atoms with Crippen LogP contribution in [0.25, 0.3) is 0 Å². The number of amides is 1. The third-order valence-electron chi connectivity index (χ3n) is 6.07. The molecule has 4 rings (SSSR count). The lowest BCUT2D eigenvalue weighted by Crippen LogP contribution is -2.61. The van der Waals surface area contributed by atoms with Crippen molar-refractivity contribution < 1.29 is 9.90 Å². The molecular formula is C18H31NO2. The van der Waals surface area contributed by atoms with Crippen molar-refractivity contribution in [3.8, 4) is 0 Å². The average Bonchev–Trinajstić information content (AvgIpc) is 2.33. The highest BCUT2D eigenvalue weighted by Gasteiger charge is 2.60. The van der Waals surface area contributed by atoms with Gasteiger partial charge in [0.15, 0.2) is 0 Å². The van der Waals surface area contributed by atoms with Crippen LogP contribution in [0.4, 0.5) is 0 Å². The highest BCUT2D eigenvalue weighted by molar-refractivity contribution is 5.83. The third-order valence-corrected chi connectivity index (χ3v) is 6.07. The van der Waals surface area contributed by atoms with E-state index in [2.05, 4.69) is 26.1 Å². The van der Waals surface area contributed by atoms with Gasteiger partial charge in [-0.15, -0.1) is 0 Å². The second kappa shape index (κ2) is 5.26. The predicted molar refractivity (Wildman–Crippen MR) is 83.7 cm³/mol. The quantitative estimate of drug-likeness (QED) is 0.817. The Morgan fingerprint density at radius 1 is 1.14 bits per heavy atom. The minimum Gasteiger partial charge on any atom is -0.390 e. The van der Waals surface area contributed by atoms with E-state index >= 15 is 0 Å². The summed E-state index contributed by atoms with van der Waals surface area (Å²) in [6.07, 6.45) is 8.03. The van der Waals surface area contributed by atoms with Crippen molar-refractivity contribution in [2.45, 2.75) is 83.8 Å². The SMILES string of the molecule is CC(C)CC[C@@H](C)NC(=O)C12C[C@@H]3C[C@@H](CC(O)(C3)C1)C2. The zero-order chi connectivity index (χ0) is 15.3. The average molecular weight is 293 g/mol. The van der Waals surface area contributed by atoms with Gasteiger partial charge in [0.1, 0.15) is 0 Å². The van der Waals surface area contributed by atoms with Gasteiger partial charge in [-0.25, -0.2) is 0 Å². The summed E-state index contributed by atoms with van der Waals surface area (Å²) in [5, 5.41) is 14.0. The molecule has 0 aromatic carbocycles. The Morgan fingerprint density at radius 3 is 2.29 bits per heavy atom. The minimum absolute atomic E-state index is 0.228. The van der Waals surface area contributed by atoms with E-state index in [4.69, 9.17) is 0 Å². The standard InChI is InChI=1S/C18H31NO2/c1-12(2)4-5-13(3)19-16(20)17-7-14-6-15(8-17)10-18(21,9-14)11-17/h12-15,21H,4-11H2,1-3H3,(H,19,20)/t13-,14-,15+,17?,18?/m1/s1. The van der Waals surface area contributed by atoms with Crippen molar-refractivity contribution in [3.63, 3.8) is 0 Å². The Balaban J connectivity index is 1.64. The molecular weight excluding hydrogens is 262 g/mol. The summed E-state index contributed by atoms with van der Waals surface area (Å²) >= 11 is 0. The van der Waals surface area contributed by atoms with E-state index in [-0.39, 0.29) is 17.4 Å². The summed E-state index contributed by atoms with van der Waals surface area (Å²) in [5.74, 6) is 2.07. The zero-order valence-electron chi connectivity index (χ0n) is 13.8. The third kappa shape index (κ3) is 2.99. The molecule has 4 bridgehead atoms. The Morgan fingerprint density at radius 2 is 1.76 bits per heavy atom. The maximum Gasteiger partial charge on any atom is 0.226 e. The maximum atomic E-state index is 12.9. The van der Waals surface area contributed by atoms with Crippen LogP contribution in [-0.2, 0) is 4.79 Å². The molecule has 2 N–H and O–H groups in total. The molecule has 4 fully saturated rings. The number of hydrogen-bond donors (Lipinski definition) is 2. The van der Waals surface area contributed by atoms with Gasteiger partial charge >= 0.3 is 0 Å². The van der Waals surface area contributed by atoms with E-state index in [1.807, 2.05) is 0 Å². The monoisotopic (exact) mass is 293 g/mol. The fourth-order valence-corrected chi connectivity index (χ4v) is 5.51. The number of nitrogens with one attached hydrogen (secondary N) is 1. The van der Waals surface area contributed by atoms with E-state index in [9.17, 15) is 9.90 Å².